The maximum absolute atomic E-state index is 11.3. The number of carbonyl (C=O) groups is 1. The van der Waals surface area contributed by atoms with E-state index in [-0.39, 0.29) is 5.91 Å². The molecule has 1 aliphatic rings. The van der Waals surface area contributed by atoms with Crippen LogP contribution in [0.25, 0.3) is 0 Å². The van der Waals surface area contributed by atoms with Gasteiger partial charge in [-0.2, -0.15) is 0 Å². The van der Waals surface area contributed by atoms with Crippen LogP contribution in [-0.4, -0.2) is 54.7 Å². The Bertz CT molecular complexity index is 420. The summed E-state index contributed by atoms with van der Waals surface area (Å²) in [4.78, 5) is 13.7. The van der Waals surface area contributed by atoms with Crippen molar-refractivity contribution in [1.82, 2.24) is 20.4 Å². The predicted octanol–water partition coefficient (Wildman–Crippen LogP) is 0.590. The van der Waals surface area contributed by atoms with Crippen LogP contribution in [0.3, 0.4) is 0 Å². The van der Waals surface area contributed by atoms with Crippen LogP contribution in [0.2, 0.25) is 0 Å². The van der Waals surface area contributed by atoms with E-state index in [1.807, 2.05) is 0 Å². The number of rotatable bonds is 4. The number of carbonyl (C=O) groups excluding carboxylic acids is 1. The highest BCUT2D eigenvalue weighted by atomic mass is 16.1. The normalized spacial score (nSPS) is 20.0. The van der Waals surface area contributed by atoms with E-state index in [1.54, 1.807) is 19.2 Å². The first-order valence-corrected chi connectivity index (χ1v) is 6.67. The topological polar surface area (TPSA) is 70.2 Å². The number of anilines is 1. The third-order valence-corrected chi connectivity index (χ3v) is 3.42. The van der Waals surface area contributed by atoms with E-state index in [1.165, 1.54) is 19.4 Å². The number of nitrogens with one attached hydrogen (secondary N) is 2. The minimum absolute atomic E-state index is 0.215. The summed E-state index contributed by atoms with van der Waals surface area (Å²) in [6, 6.07) is 3.48. The molecule has 1 atom stereocenters. The highest BCUT2D eigenvalue weighted by Gasteiger charge is 2.16. The summed E-state index contributed by atoms with van der Waals surface area (Å²) >= 11 is 0. The lowest BCUT2D eigenvalue weighted by molar-refractivity contribution is 0.0957. The SMILES string of the molecule is CNC(=O)c1ccc(NCC2CCCN(C)C2)nn1. The molecule has 0 aliphatic carbocycles. The van der Waals surface area contributed by atoms with Gasteiger partial charge in [0.2, 0.25) is 0 Å². The van der Waals surface area contributed by atoms with Gasteiger partial charge in [-0.3, -0.25) is 4.79 Å². The average Bonchev–Trinajstić information content (AvgIpc) is 2.45. The zero-order valence-corrected chi connectivity index (χ0v) is 11.5. The van der Waals surface area contributed by atoms with Gasteiger partial charge in [-0.25, -0.2) is 0 Å². The number of likely N-dealkylation sites (tertiary alicyclic amines) is 1. The van der Waals surface area contributed by atoms with Crippen LogP contribution in [0, 0.1) is 5.92 Å². The summed E-state index contributed by atoms with van der Waals surface area (Å²) in [6.45, 7) is 3.21. The minimum Gasteiger partial charge on any atom is -0.368 e. The molecular weight excluding hydrogens is 242 g/mol. The molecule has 0 saturated carbocycles. The van der Waals surface area contributed by atoms with Crippen molar-refractivity contribution in [3.05, 3.63) is 17.8 Å². The molecule has 2 N–H and O–H groups in total. The Hall–Kier alpha value is -1.69. The summed E-state index contributed by atoms with van der Waals surface area (Å²) in [7, 11) is 3.74. The van der Waals surface area contributed by atoms with Crippen molar-refractivity contribution in [2.75, 3.05) is 39.0 Å². The lowest BCUT2D eigenvalue weighted by Gasteiger charge is -2.29. The van der Waals surface area contributed by atoms with Crippen molar-refractivity contribution in [3.63, 3.8) is 0 Å². The molecule has 19 heavy (non-hydrogen) atoms. The highest BCUT2D eigenvalue weighted by molar-refractivity contribution is 5.91. The van der Waals surface area contributed by atoms with Crippen molar-refractivity contribution < 1.29 is 4.79 Å². The van der Waals surface area contributed by atoms with Crippen molar-refractivity contribution in [1.29, 1.82) is 0 Å². The first-order valence-electron chi connectivity index (χ1n) is 6.67. The van der Waals surface area contributed by atoms with Gasteiger partial charge in [0.1, 0.15) is 5.82 Å². The van der Waals surface area contributed by atoms with Crippen LogP contribution in [0.5, 0.6) is 0 Å². The first kappa shape index (κ1) is 13.7. The molecule has 2 rings (SSSR count). The molecule has 1 aromatic rings. The smallest absolute Gasteiger partial charge is 0.271 e. The third-order valence-electron chi connectivity index (χ3n) is 3.42. The molecule has 0 radical (unpaired) electrons. The number of hydrogen-bond acceptors (Lipinski definition) is 5. The lowest BCUT2D eigenvalue weighted by Crippen LogP contribution is -2.35. The monoisotopic (exact) mass is 263 g/mol. The molecule has 0 aromatic carbocycles. The number of amides is 1. The Morgan fingerprint density at radius 2 is 2.32 bits per heavy atom. The summed E-state index contributed by atoms with van der Waals surface area (Å²) in [5.74, 6) is 1.16. The highest BCUT2D eigenvalue weighted by Crippen LogP contribution is 2.15. The van der Waals surface area contributed by atoms with E-state index >= 15 is 0 Å². The summed E-state index contributed by atoms with van der Waals surface area (Å²) < 4.78 is 0. The number of piperidine rings is 1. The van der Waals surface area contributed by atoms with Crippen LogP contribution >= 0.6 is 0 Å². The van der Waals surface area contributed by atoms with E-state index in [9.17, 15) is 4.79 Å². The van der Waals surface area contributed by atoms with E-state index in [2.05, 4.69) is 32.8 Å². The Labute approximate surface area is 113 Å². The molecule has 0 bridgehead atoms. The quantitative estimate of drug-likeness (QED) is 0.832. The van der Waals surface area contributed by atoms with E-state index < -0.39 is 0 Å². The number of hydrogen-bond donors (Lipinski definition) is 2. The second kappa shape index (κ2) is 6.47. The lowest BCUT2D eigenvalue weighted by atomic mass is 9.98. The fraction of sp³-hybridized carbons (Fsp3) is 0.615. The molecule has 104 valence electrons. The Morgan fingerprint density at radius 3 is 2.95 bits per heavy atom. The summed E-state index contributed by atoms with van der Waals surface area (Å²) in [5.41, 5.74) is 0.338. The first-order chi connectivity index (χ1) is 9.19. The van der Waals surface area contributed by atoms with Crippen LogP contribution < -0.4 is 10.6 Å². The van der Waals surface area contributed by atoms with Gasteiger partial charge in [0.05, 0.1) is 0 Å². The van der Waals surface area contributed by atoms with Crippen molar-refractivity contribution >= 4 is 11.7 Å². The van der Waals surface area contributed by atoms with Gasteiger partial charge in [0, 0.05) is 20.1 Å². The van der Waals surface area contributed by atoms with Crippen LogP contribution in [-0.2, 0) is 0 Å². The van der Waals surface area contributed by atoms with Gasteiger partial charge in [0.25, 0.3) is 5.91 Å². The van der Waals surface area contributed by atoms with Gasteiger partial charge >= 0.3 is 0 Å². The van der Waals surface area contributed by atoms with Crippen molar-refractivity contribution in [2.24, 2.45) is 5.92 Å². The van der Waals surface area contributed by atoms with E-state index in [4.69, 9.17) is 0 Å². The Morgan fingerprint density at radius 1 is 1.47 bits per heavy atom. The minimum atomic E-state index is -0.215. The van der Waals surface area contributed by atoms with Crippen molar-refractivity contribution in [2.45, 2.75) is 12.8 Å². The van der Waals surface area contributed by atoms with Gasteiger partial charge in [-0.05, 0) is 44.5 Å². The fourth-order valence-corrected chi connectivity index (χ4v) is 2.36. The fourth-order valence-electron chi connectivity index (χ4n) is 2.36. The molecule has 6 heteroatoms. The number of nitrogens with zero attached hydrogens (tertiary/aromatic N) is 3. The largest absolute Gasteiger partial charge is 0.368 e. The van der Waals surface area contributed by atoms with Gasteiger partial charge in [-0.15, -0.1) is 10.2 Å². The van der Waals surface area contributed by atoms with Crippen LogP contribution in [0.1, 0.15) is 23.3 Å². The molecule has 1 saturated heterocycles. The molecule has 1 fully saturated rings. The zero-order valence-electron chi connectivity index (χ0n) is 11.5. The standard InChI is InChI=1S/C13H21N5O/c1-14-13(19)11-5-6-12(17-16-11)15-8-10-4-3-7-18(2)9-10/h5-6,10H,3-4,7-9H2,1-2H3,(H,14,19)(H,15,17). The molecule has 6 nitrogen and oxygen atoms in total. The van der Waals surface area contributed by atoms with Gasteiger partial charge in [-0.1, -0.05) is 0 Å². The predicted molar refractivity (Wildman–Crippen MR) is 74.1 cm³/mol. The molecule has 2 heterocycles. The van der Waals surface area contributed by atoms with Crippen LogP contribution in [0.4, 0.5) is 5.82 Å². The second-order valence-corrected chi connectivity index (χ2v) is 5.03. The number of aromatic nitrogens is 2. The summed E-state index contributed by atoms with van der Waals surface area (Å²) in [6.07, 6.45) is 2.51. The Balaban J connectivity index is 1.84. The maximum Gasteiger partial charge on any atom is 0.271 e. The molecule has 1 aromatic heterocycles. The molecule has 0 spiro atoms. The second-order valence-electron chi connectivity index (χ2n) is 5.03. The third kappa shape index (κ3) is 3.89. The van der Waals surface area contributed by atoms with Crippen molar-refractivity contribution in [3.8, 4) is 0 Å². The Kier molecular flexibility index (Phi) is 4.68. The average molecular weight is 263 g/mol. The van der Waals surface area contributed by atoms with E-state index in [0.717, 1.165) is 18.9 Å². The van der Waals surface area contributed by atoms with E-state index in [0.29, 0.717) is 11.6 Å². The molecule has 1 aliphatic heterocycles. The molecule has 1 amide bonds. The molecular formula is C13H21N5O. The zero-order chi connectivity index (χ0) is 13.7. The van der Waals surface area contributed by atoms with Gasteiger partial charge in [0.15, 0.2) is 5.69 Å². The maximum atomic E-state index is 11.3. The molecule has 1 unspecified atom stereocenters. The van der Waals surface area contributed by atoms with Gasteiger partial charge < -0.3 is 15.5 Å². The summed E-state index contributed by atoms with van der Waals surface area (Å²) in [5, 5.41) is 13.7. The van der Waals surface area contributed by atoms with Crippen LogP contribution in [0.15, 0.2) is 12.1 Å².